The molecular formula is C28H17N3S. The number of rotatable bonds is 2. The van der Waals surface area contributed by atoms with Crippen molar-refractivity contribution in [3.63, 3.8) is 0 Å². The molecule has 4 heteroatoms. The Kier molecular flexibility index (Phi) is 3.72. The van der Waals surface area contributed by atoms with Gasteiger partial charge in [0.1, 0.15) is 5.82 Å². The second kappa shape index (κ2) is 6.74. The Morgan fingerprint density at radius 3 is 2.56 bits per heavy atom. The summed E-state index contributed by atoms with van der Waals surface area (Å²) in [5, 5.41) is 5.22. The summed E-state index contributed by atoms with van der Waals surface area (Å²) in [5.74, 6) is 0.898. The van der Waals surface area contributed by atoms with E-state index < -0.39 is 0 Å². The first-order valence-electron chi connectivity index (χ1n) is 10.6. The highest BCUT2D eigenvalue weighted by Crippen LogP contribution is 2.45. The van der Waals surface area contributed by atoms with Gasteiger partial charge in [-0.15, -0.1) is 11.3 Å². The van der Waals surface area contributed by atoms with E-state index in [2.05, 4.69) is 82.8 Å². The molecule has 0 saturated carbocycles. The molecule has 6 aromatic rings. The molecule has 4 heterocycles. The van der Waals surface area contributed by atoms with Crippen molar-refractivity contribution >= 4 is 59.9 Å². The number of benzene rings is 3. The van der Waals surface area contributed by atoms with Crippen LogP contribution in [0.15, 0.2) is 97.5 Å². The summed E-state index contributed by atoms with van der Waals surface area (Å²) in [6.45, 7) is 0. The van der Waals surface area contributed by atoms with Gasteiger partial charge in [-0.1, -0.05) is 36.4 Å². The van der Waals surface area contributed by atoms with Crippen LogP contribution < -0.4 is 4.90 Å². The quantitative estimate of drug-likeness (QED) is 0.282. The van der Waals surface area contributed by atoms with E-state index in [1.807, 2.05) is 41.9 Å². The lowest BCUT2D eigenvalue weighted by molar-refractivity contribution is 1.18. The average Bonchev–Trinajstić information content (AvgIpc) is 3.23. The summed E-state index contributed by atoms with van der Waals surface area (Å²) in [5.41, 5.74) is 4.41. The maximum absolute atomic E-state index is 4.78. The molecule has 32 heavy (non-hydrogen) atoms. The maximum Gasteiger partial charge on any atom is 0.137 e. The number of nitrogens with zero attached hydrogens (tertiary/aromatic N) is 3. The fourth-order valence-electron chi connectivity index (χ4n) is 4.69. The van der Waals surface area contributed by atoms with E-state index in [1.165, 1.54) is 36.5 Å². The lowest BCUT2D eigenvalue weighted by Gasteiger charge is -2.26. The fourth-order valence-corrected chi connectivity index (χ4v) is 5.86. The van der Waals surface area contributed by atoms with Gasteiger partial charge in [0.15, 0.2) is 0 Å². The van der Waals surface area contributed by atoms with Gasteiger partial charge >= 0.3 is 0 Å². The van der Waals surface area contributed by atoms with Crippen molar-refractivity contribution < 1.29 is 0 Å². The summed E-state index contributed by atoms with van der Waals surface area (Å²) in [6, 6.07) is 27.6. The van der Waals surface area contributed by atoms with Crippen molar-refractivity contribution in [3.8, 4) is 11.3 Å². The molecule has 0 aliphatic carbocycles. The van der Waals surface area contributed by atoms with E-state index in [0.717, 1.165) is 22.8 Å². The minimum absolute atomic E-state index is 0.898. The van der Waals surface area contributed by atoms with Crippen LogP contribution in [0.3, 0.4) is 0 Å². The largest absolute Gasteiger partial charge is 0.301 e. The molecule has 0 spiro atoms. The molecule has 0 fully saturated rings. The van der Waals surface area contributed by atoms with Crippen LogP contribution in [0.5, 0.6) is 0 Å². The SMILES string of the molecule is C1=CN(c2ccc(-c3ccccn3)cn2)c2cccc3cc4sc5ccccc5c4c1c23. The molecule has 1 aliphatic rings. The number of hydrogen-bond acceptors (Lipinski definition) is 4. The second-order valence-electron chi connectivity index (χ2n) is 7.94. The Bertz CT molecular complexity index is 1660. The molecule has 0 amide bonds. The van der Waals surface area contributed by atoms with E-state index >= 15 is 0 Å². The summed E-state index contributed by atoms with van der Waals surface area (Å²) in [4.78, 5) is 11.4. The van der Waals surface area contributed by atoms with Crippen molar-refractivity contribution in [3.05, 3.63) is 103 Å². The van der Waals surface area contributed by atoms with Crippen LogP contribution in [0, 0.1) is 0 Å². The molecule has 0 unspecified atom stereocenters. The Balaban J connectivity index is 1.42. The van der Waals surface area contributed by atoms with Gasteiger partial charge in [-0.25, -0.2) is 4.98 Å². The molecule has 3 aromatic heterocycles. The number of aromatic nitrogens is 2. The van der Waals surface area contributed by atoms with Gasteiger partial charge in [-0.2, -0.15) is 0 Å². The molecule has 150 valence electrons. The first kappa shape index (κ1) is 17.6. The topological polar surface area (TPSA) is 29.0 Å². The van der Waals surface area contributed by atoms with Gasteiger partial charge in [0.2, 0.25) is 0 Å². The zero-order valence-corrected chi connectivity index (χ0v) is 17.9. The van der Waals surface area contributed by atoms with Crippen LogP contribution in [0.2, 0.25) is 0 Å². The summed E-state index contributed by atoms with van der Waals surface area (Å²) in [7, 11) is 0. The van der Waals surface area contributed by atoms with Crippen molar-refractivity contribution in [2.75, 3.05) is 4.90 Å². The summed E-state index contributed by atoms with van der Waals surface area (Å²) < 4.78 is 2.67. The molecular weight excluding hydrogens is 410 g/mol. The molecule has 0 N–H and O–H groups in total. The Labute approximate surface area is 188 Å². The van der Waals surface area contributed by atoms with Crippen LogP contribution >= 0.6 is 11.3 Å². The van der Waals surface area contributed by atoms with Gasteiger partial charge in [-0.05, 0) is 59.5 Å². The van der Waals surface area contributed by atoms with Crippen LogP contribution in [0.4, 0.5) is 11.5 Å². The Morgan fingerprint density at radius 1 is 0.750 bits per heavy atom. The highest BCUT2D eigenvalue weighted by atomic mass is 32.1. The van der Waals surface area contributed by atoms with Crippen LogP contribution in [-0.4, -0.2) is 9.97 Å². The summed E-state index contributed by atoms with van der Waals surface area (Å²) >= 11 is 1.87. The molecule has 1 aliphatic heterocycles. The van der Waals surface area contributed by atoms with Crippen molar-refractivity contribution in [1.82, 2.24) is 9.97 Å². The first-order chi connectivity index (χ1) is 15.9. The lowest BCUT2D eigenvalue weighted by atomic mass is 9.95. The van der Waals surface area contributed by atoms with Crippen LogP contribution in [-0.2, 0) is 0 Å². The van der Waals surface area contributed by atoms with Gasteiger partial charge in [0.25, 0.3) is 0 Å². The second-order valence-corrected chi connectivity index (χ2v) is 9.03. The predicted octanol–water partition coefficient (Wildman–Crippen LogP) is 7.79. The minimum atomic E-state index is 0.898. The number of thiophene rings is 1. The smallest absolute Gasteiger partial charge is 0.137 e. The van der Waals surface area contributed by atoms with Gasteiger partial charge < -0.3 is 4.90 Å². The summed E-state index contributed by atoms with van der Waals surface area (Å²) in [6.07, 6.45) is 8.09. The molecule has 7 rings (SSSR count). The van der Waals surface area contributed by atoms with Gasteiger partial charge in [0, 0.05) is 49.7 Å². The third-order valence-corrected chi connectivity index (χ3v) is 7.25. The number of hydrogen-bond donors (Lipinski definition) is 0. The molecule has 0 saturated heterocycles. The highest BCUT2D eigenvalue weighted by molar-refractivity contribution is 7.26. The number of pyridine rings is 2. The zero-order valence-electron chi connectivity index (χ0n) is 17.1. The van der Waals surface area contributed by atoms with E-state index in [4.69, 9.17) is 4.98 Å². The van der Waals surface area contributed by atoms with E-state index in [0.29, 0.717) is 0 Å². The molecule has 3 aromatic carbocycles. The average molecular weight is 428 g/mol. The molecule has 0 radical (unpaired) electrons. The monoisotopic (exact) mass is 427 g/mol. The van der Waals surface area contributed by atoms with Gasteiger partial charge in [-0.3, -0.25) is 4.98 Å². The van der Waals surface area contributed by atoms with Crippen molar-refractivity contribution in [2.24, 2.45) is 0 Å². The zero-order chi connectivity index (χ0) is 21.1. The van der Waals surface area contributed by atoms with Crippen LogP contribution in [0.1, 0.15) is 5.56 Å². The minimum Gasteiger partial charge on any atom is -0.301 e. The Morgan fingerprint density at radius 2 is 1.69 bits per heavy atom. The fraction of sp³-hybridized carbons (Fsp3) is 0. The standard InChI is InChI=1S/C28H17N3S/c1-2-10-24-20(7-1)28-21-13-15-31(23-9-5-6-18(27(21)23)16-25(28)32-24)26-12-11-19(17-30-26)22-8-3-4-14-29-22/h1-17H. The molecule has 0 bridgehead atoms. The Hall–Kier alpha value is -4.02. The number of fused-ring (bicyclic) bond motifs is 4. The third-order valence-electron chi connectivity index (χ3n) is 6.13. The lowest BCUT2D eigenvalue weighted by Crippen LogP contribution is -2.13. The first-order valence-corrected chi connectivity index (χ1v) is 11.4. The predicted molar refractivity (Wildman–Crippen MR) is 135 cm³/mol. The maximum atomic E-state index is 4.78. The van der Waals surface area contributed by atoms with E-state index in [9.17, 15) is 0 Å². The van der Waals surface area contributed by atoms with Crippen LogP contribution in [0.25, 0.3) is 48.3 Å². The molecule has 0 atom stereocenters. The van der Waals surface area contributed by atoms with Crippen molar-refractivity contribution in [1.29, 1.82) is 0 Å². The van der Waals surface area contributed by atoms with Gasteiger partial charge in [0.05, 0.1) is 11.4 Å². The van der Waals surface area contributed by atoms with E-state index in [-0.39, 0.29) is 0 Å². The van der Waals surface area contributed by atoms with E-state index in [1.54, 1.807) is 0 Å². The normalized spacial score (nSPS) is 12.8. The third kappa shape index (κ3) is 2.53. The highest BCUT2D eigenvalue weighted by Gasteiger charge is 2.21. The van der Waals surface area contributed by atoms with Crippen molar-refractivity contribution in [2.45, 2.75) is 0 Å². The molecule has 3 nitrogen and oxygen atoms in total. The number of anilines is 2.